The highest BCUT2D eigenvalue weighted by molar-refractivity contribution is 5.62. The van der Waals surface area contributed by atoms with E-state index < -0.39 is 18.3 Å². The Balaban J connectivity index is 1.95. The van der Waals surface area contributed by atoms with E-state index in [4.69, 9.17) is 11.2 Å². The number of benzene rings is 1. The first-order chi connectivity index (χ1) is 13.1. The van der Waals surface area contributed by atoms with Gasteiger partial charge in [-0.2, -0.15) is 0 Å². The molecule has 2 nitrogen and oxygen atoms in total. The third-order valence-electron chi connectivity index (χ3n) is 5.18. The van der Waals surface area contributed by atoms with Crippen LogP contribution in [0.4, 0.5) is 0 Å². The number of nitrogens with two attached hydrogens (primary N) is 1. The van der Waals surface area contributed by atoms with Gasteiger partial charge in [0.2, 0.25) is 0 Å². The van der Waals surface area contributed by atoms with Crippen molar-refractivity contribution in [3.63, 3.8) is 0 Å². The molecule has 0 amide bonds. The highest BCUT2D eigenvalue weighted by atomic mass is 16.3. The number of allylic oxidation sites excluding steroid dienone is 3. The first kappa shape index (κ1) is 12.9. The van der Waals surface area contributed by atoms with Crippen molar-refractivity contribution in [1.82, 2.24) is 0 Å². The Hall–Kier alpha value is -1.38. The number of unbranched alkanes of at least 4 members (excludes halogenated alkanes) is 2. The molecule has 1 saturated carbocycles. The lowest BCUT2D eigenvalue weighted by Crippen LogP contribution is -2.40. The van der Waals surface area contributed by atoms with Gasteiger partial charge in [-0.3, -0.25) is 0 Å². The average molecular weight is 330 g/mol. The topological polar surface area (TPSA) is 46.2 Å². The van der Waals surface area contributed by atoms with Crippen LogP contribution in [0.2, 0.25) is 0 Å². The van der Waals surface area contributed by atoms with Crippen molar-refractivity contribution in [3.05, 3.63) is 52.6 Å². The van der Waals surface area contributed by atoms with E-state index in [0.29, 0.717) is 17.6 Å². The van der Waals surface area contributed by atoms with Gasteiger partial charge < -0.3 is 10.8 Å². The second kappa shape index (κ2) is 7.67. The highest BCUT2D eigenvalue weighted by Crippen LogP contribution is 2.40. The summed E-state index contributed by atoms with van der Waals surface area (Å²) >= 11 is 0. The maximum absolute atomic E-state index is 9.52. The SMILES string of the molecule is [2H]C1([2H])C(/C=C/CCCC)=Cc2ccc([C@H]3CC[C@](N)(CO)C3)cc2C1([2H])[2H]. The molecule has 3 N–H and O–H groups in total. The number of rotatable bonds is 6. The Bertz CT molecular complexity index is 787. The van der Waals surface area contributed by atoms with E-state index in [1.165, 1.54) is 0 Å². The van der Waals surface area contributed by atoms with E-state index >= 15 is 0 Å². The van der Waals surface area contributed by atoms with Gasteiger partial charge in [-0.1, -0.05) is 56.2 Å². The van der Waals surface area contributed by atoms with Gasteiger partial charge in [0.25, 0.3) is 0 Å². The van der Waals surface area contributed by atoms with E-state index in [9.17, 15) is 5.11 Å². The number of aryl methyl sites for hydroxylation is 1. The summed E-state index contributed by atoms with van der Waals surface area (Å²) in [6.45, 7) is 2.06. The molecule has 1 fully saturated rings. The van der Waals surface area contributed by atoms with E-state index in [1.54, 1.807) is 12.2 Å². The summed E-state index contributed by atoms with van der Waals surface area (Å²) < 4.78 is 34.2. The standard InChI is InChI=1S/C22H31NO/c1-2-3-4-5-6-17-7-8-19-14-20(10-9-18(19)13-17)21-11-12-22(23,15-21)16-24/h5-6,9-10,13-14,21,24H,2-4,7-8,11-12,15-16,23H2,1H3/b6-5+/t21-,22+/m0/s1/i7D2,8D2. The first-order valence-corrected chi connectivity index (χ1v) is 9.07. The van der Waals surface area contributed by atoms with Crippen LogP contribution in [0.15, 0.2) is 35.9 Å². The van der Waals surface area contributed by atoms with Crippen LogP contribution in [0.3, 0.4) is 0 Å². The molecule has 3 rings (SSSR count). The smallest absolute Gasteiger partial charge is 0.0611 e. The van der Waals surface area contributed by atoms with Crippen molar-refractivity contribution in [1.29, 1.82) is 0 Å². The van der Waals surface area contributed by atoms with E-state index in [-0.39, 0.29) is 12.5 Å². The molecule has 2 aliphatic carbocycles. The van der Waals surface area contributed by atoms with Gasteiger partial charge in [0.15, 0.2) is 0 Å². The summed E-state index contributed by atoms with van der Waals surface area (Å²) in [6, 6.07) is 5.71. The molecule has 0 aliphatic heterocycles. The van der Waals surface area contributed by atoms with Crippen LogP contribution in [0.25, 0.3) is 6.08 Å². The summed E-state index contributed by atoms with van der Waals surface area (Å²) in [6.07, 6.45) is 6.49. The molecule has 1 aromatic carbocycles. The van der Waals surface area contributed by atoms with E-state index in [2.05, 4.69) is 6.92 Å². The zero-order valence-electron chi connectivity index (χ0n) is 18.5. The number of aliphatic hydroxyl groups excluding tert-OH is 1. The second-order valence-corrected chi connectivity index (χ2v) is 7.20. The molecule has 2 atom stereocenters. The van der Waals surface area contributed by atoms with Gasteiger partial charge in [0, 0.05) is 11.0 Å². The number of hydrogen-bond acceptors (Lipinski definition) is 2. The fourth-order valence-corrected chi connectivity index (χ4v) is 3.61. The van der Waals surface area contributed by atoms with Gasteiger partial charge in [0.1, 0.15) is 0 Å². The predicted octanol–water partition coefficient (Wildman–Crippen LogP) is 4.72. The number of aliphatic hydroxyl groups is 1. The second-order valence-electron chi connectivity index (χ2n) is 7.20. The molecule has 130 valence electrons. The fourth-order valence-electron chi connectivity index (χ4n) is 3.61. The third kappa shape index (κ3) is 3.99. The van der Waals surface area contributed by atoms with Crippen molar-refractivity contribution in [3.8, 4) is 0 Å². The molecular formula is C22H31NO. The average Bonchev–Trinajstić information content (AvgIpc) is 3.06. The van der Waals surface area contributed by atoms with Crippen LogP contribution >= 0.6 is 0 Å². The van der Waals surface area contributed by atoms with Crippen LogP contribution in [0, 0.1) is 0 Å². The van der Waals surface area contributed by atoms with Gasteiger partial charge in [-0.05, 0) is 66.6 Å². The molecular weight excluding hydrogens is 294 g/mol. The quantitative estimate of drug-likeness (QED) is 0.742. The summed E-state index contributed by atoms with van der Waals surface area (Å²) in [7, 11) is 0. The lowest BCUT2D eigenvalue weighted by atomic mass is 9.86. The van der Waals surface area contributed by atoms with E-state index in [0.717, 1.165) is 43.2 Å². The van der Waals surface area contributed by atoms with Crippen molar-refractivity contribution in [2.24, 2.45) is 5.73 Å². The van der Waals surface area contributed by atoms with Crippen molar-refractivity contribution >= 4 is 6.08 Å². The predicted molar refractivity (Wildman–Crippen MR) is 102 cm³/mol. The highest BCUT2D eigenvalue weighted by Gasteiger charge is 2.35. The lowest BCUT2D eigenvalue weighted by Gasteiger charge is -2.22. The molecule has 2 aliphatic rings. The largest absolute Gasteiger partial charge is 0.394 e. The zero-order chi connectivity index (χ0) is 20.6. The minimum Gasteiger partial charge on any atom is -0.394 e. The monoisotopic (exact) mass is 329 g/mol. The molecule has 0 heterocycles. The summed E-state index contributed by atoms with van der Waals surface area (Å²) in [4.78, 5) is 0. The van der Waals surface area contributed by atoms with Crippen LogP contribution < -0.4 is 5.73 Å². The minimum absolute atomic E-state index is 0.0473. The van der Waals surface area contributed by atoms with E-state index in [1.807, 2.05) is 24.3 Å². The third-order valence-corrected chi connectivity index (χ3v) is 5.18. The number of fused-ring (bicyclic) bond motifs is 1. The Morgan fingerprint density at radius 1 is 1.42 bits per heavy atom. The summed E-state index contributed by atoms with van der Waals surface area (Å²) in [5.74, 6) is 0.170. The van der Waals surface area contributed by atoms with Crippen molar-refractivity contribution in [2.75, 3.05) is 6.61 Å². The van der Waals surface area contributed by atoms with Gasteiger partial charge >= 0.3 is 0 Å². The fraction of sp³-hybridized carbons (Fsp3) is 0.545. The summed E-state index contributed by atoms with van der Waals surface area (Å²) in [5.41, 5.74) is 8.14. The van der Waals surface area contributed by atoms with Crippen LogP contribution in [-0.2, 0) is 6.37 Å². The number of hydrogen-bond donors (Lipinski definition) is 2. The lowest BCUT2D eigenvalue weighted by molar-refractivity contribution is 0.198. The Kier molecular flexibility index (Phi) is 4.13. The molecule has 0 radical (unpaired) electrons. The molecule has 0 aromatic heterocycles. The molecule has 1 aromatic rings. The minimum atomic E-state index is -2.12. The Morgan fingerprint density at radius 3 is 3.04 bits per heavy atom. The molecule has 2 heteroatoms. The molecule has 0 unspecified atom stereocenters. The van der Waals surface area contributed by atoms with Gasteiger partial charge in [-0.25, -0.2) is 0 Å². The first-order valence-electron chi connectivity index (χ1n) is 11.1. The zero-order valence-corrected chi connectivity index (χ0v) is 14.5. The maximum atomic E-state index is 9.52. The Morgan fingerprint density at radius 2 is 2.29 bits per heavy atom. The summed E-state index contributed by atoms with van der Waals surface area (Å²) in [5, 5.41) is 9.52. The molecule has 0 spiro atoms. The van der Waals surface area contributed by atoms with Crippen LogP contribution in [-0.4, -0.2) is 17.3 Å². The molecule has 24 heavy (non-hydrogen) atoms. The normalized spacial score (nSPS) is 33.3. The molecule has 0 saturated heterocycles. The van der Waals surface area contributed by atoms with Gasteiger partial charge in [-0.15, -0.1) is 0 Å². The van der Waals surface area contributed by atoms with Gasteiger partial charge in [0.05, 0.1) is 6.61 Å². The Labute approximate surface area is 152 Å². The van der Waals surface area contributed by atoms with Crippen molar-refractivity contribution < 1.29 is 10.6 Å². The van der Waals surface area contributed by atoms with Crippen molar-refractivity contribution in [2.45, 2.75) is 69.7 Å². The molecule has 0 bridgehead atoms. The van der Waals surface area contributed by atoms with Crippen LogP contribution in [0.5, 0.6) is 0 Å². The maximum Gasteiger partial charge on any atom is 0.0611 e. The van der Waals surface area contributed by atoms with Crippen LogP contribution in [0.1, 0.15) is 79.9 Å².